The van der Waals surface area contributed by atoms with Crippen molar-refractivity contribution >= 4 is 5.78 Å². The molecule has 0 N–H and O–H groups in total. The van der Waals surface area contributed by atoms with E-state index in [1.807, 2.05) is 13.0 Å². The predicted octanol–water partition coefficient (Wildman–Crippen LogP) is 2.96. The van der Waals surface area contributed by atoms with E-state index in [-0.39, 0.29) is 10.8 Å². The molecule has 2 aliphatic carbocycles. The Kier molecular flexibility index (Phi) is 1.56. The Bertz CT molecular complexity index is 298. The fourth-order valence-electron chi connectivity index (χ4n) is 3.26. The van der Waals surface area contributed by atoms with Crippen molar-refractivity contribution in [1.82, 2.24) is 0 Å². The zero-order valence-electron chi connectivity index (χ0n) is 8.98. The summed E-state index contributed by atoms with van der Waals surface area (Å²) in [5, 5.41) is 0. The van der Waals surface area contributed by atoms with Gasteiger partial charge in [-0.2, -0.15) is 0 Å². The zero-order valence-corrected chi connectivity index (χ0v) is 8.98. The largest absolute Gasteiger partial charge is 0.294 e. The van der Waals surface area contributed by atoms with Crippen molar-refractivity contribution in [2.75, 3.05) is 0 Å². The zero-order chi connectivity index (χ0) is 9.85. The molecule has 2 aliphatic rings. The summed E-state index contributed by atoms with van der Waals surface area (Å²) in [5.41, 5.74) is 1.21. The highest BCUT2D eigenvalue weighted by molar-refractivity contribution is 6.04. The van der Waals surface area contributed by atoms with E-state index in [2.05, 4.69) is 20.8 Å². The van der Waals surface area contributed by atoms with Gasteiger partial charge < -0.3 is 0 Å². The third-order valence-corrected chi connectivity index (χ3v) is 4.68. The maximum absolute atomic E-state index is 12.1. The van der Waals surface area contributed by atoms with Crippen LogP contribution < -0.4 is 0 Å². The second-order valence-electron chi connectivity index (χ2n) is 5.22. The topological polar surface area (TPSA) is 17.1 Å². The molecule has 0 aromatic heterocycles. The Morgan fingerprint density at radius 2 is 2.00 bits per heavy atom. The maximum atomic E-state index is 12.1. The first-order chi connectivity index (χ1) is 5.95. The number of carbonyl (C=O) groups excluding carboxylic acids is 1. The quantitative estimate of drug-likeness (QED) is 0.521. The molecule has 0 saturated heterocycles. The molecular weight excluding hydrogens is 160 g/mol. The van der Waals surface area contributed by atoms with Gasteiger partial charge in [0.25, 0.3) is 0 Å². The Balaban J connectivity index is 2.57. The van der Waals surface area contributed by atoms with Crippen LogP contribution in [0.2, 0.25) is 0 Å². The molecule has 0 aromatic rings. The molecule has 72 valence electrons. The number of ketones is 1. The summed E-state index contributed by atoms with van der Waals surface area (Å²) in [6.45, 7) is 8.64. The van der Waals surface area contributed by atoms with Crippen LogP contribution in [-0.2, 0) is 4.79 Å². The van der Waals surface area contributed by atoms with Crippen molar-refractivity contribution in [3.8, 4) is 0 Å². The Labute approximate surface area is 80.2 Å². The normalized spacial score (nSPS) is 44.8. The monoisotopic (exact) mass is 178 g/mol. The van der Waals surface area contributed by atoms with Crippen molar-refractivity contribution in [2.24, 2.45) is 16.7 Å². The first-order valence-corrected chi connectivity index (χ1v) is 5.16. The molecule has 2 saturated carbocycles. The lowest BCUT2D eigenvalue weighted by Gasteiger charge is -2.31. The fraction of sp³-hybridized carbons (Fsp3) is 0.750. The van der Waals surface area contributed by atoms with Crippen molar-refractivity contribution in [1.29, 1.82) is 0 Å². The summed E-state index contributed by atoms with van der Waals surface area (Å²) in [6.07, 6.45) is 4.31. The van der Waals surface area contributed by atoms with Crippen LogP contribution in [0, 0.1) is 16.7 Å². The van der Waals surface area contributed by atoms with Crippen LogP contribution in [0.5, 0.6) is 0 Å². The third kappa shape index (κ3) is 0.762. The van der Waals surface area contributed by atoms with E-state index in [0.29, 0.717) is 11.7 Å². The van der Waals surface area contributed by atoms with Crippen molar-refractivity contribution in [2.45, 2.75) is 40.5 Å². The second-order valence-corrected chi connectivity index (χ2v) is 5.22. The third-order valence-electron chi connectivity index (χ3n) is 4.68. The van der Waals surface area contributed by atoms with Crippen LogP contribution in [0.1, 0.15) is 40.5 Å². The first-order valence-electron chi connectivity index (χ1n) is 5.16. The molecule has 0 aliphatic heterocycles. The number of hydrogen-bond donors (Lipinski definition) is 0. The van der Waals surface area contributed by atoms with Gasteiger partial charge in [-0.05, 0) is 36.7 Å². The minimum absolute atomic E-state index is 0.0699. The summed E-state index contributed by atoms with van der Waals surface area (Å²) < 4.78 is 0. The molecule has 2 rings (SSSR count). The lowest BCUT2D eigenvalue weighted by Crippen LogP contribution is -2.32. The maximum Gasteiger partial charge on any atom is 0.165 e. The van der Waals surface area contributed by atoms with Gasteiger partial charge in [-0.25, -0.2) is 0 Å². The molecule has 2 atom stereocenters. The molecule has 13 heavy (non-hydrogen) atoms. The van der Waals surface area contributed by atoms with Crippen molar-refractivity contribution < 1.29 is 4.79 Å². The highest BCUT2D eigenvalue weighted by Gasteiger charge is 2.63. The summed E-state index contributed by atoms with van der Waals surface area (Å²) in [7, 11) is 0. The predicted molar refractivity (Wildman–Crippen MR) is 53.4 cm³/mol. The van der Waals surface area contributed by atoms with Crippen LogP contribution in [0.4, 0.5) is 0 Å². The number of hydrogen-bond acceptors (Lipinski definition) is 1. The molecular formula is C12H18O. The van der Waals surface area contributed by atoms with Gasteiger partial charge in [0.2, 0.25) is 0 Å². The molecule has 0 amide bonds. The van der Waals surface area contributed by atoms with E-state index >= 15 is 0 Å². The van der Waals surface area contributed by atoms with Gasteiger partial charge in [-0.1, -0.05) is 26.8 Å². The molecule has 0 unspecified atom stereocenters. The smallest absolute Gasteiger partial charge is 0.165 e. The minimum atomic E-state index is -0.0699. The van der Waals surface area contributed by atoms with E-state index in [4.69, 9.17) is 0 Å². The Morgan fingerprint density at radius 3 is 2.31 bits per heavy atom. The molecule has 0 spiro atoms. The average Bonchev–Trinajstić information content (AvgIpc) is 2.36. The molecule has 1 nitrogen and oxygen atoms in total. The Morgan fingerprint density at radius 1 is 1.38 bits per heavy atom. The standard InChI is InChI=1S/C12H18O/c1-5-8-9-6-7-12(4,10(8)13)11(9,2)3/h5,9H,6-7H2,1-4H3/b8-5-/t9-,12+/m1/s1. The number of Topliss-reactive ketones (excluding diaryl/α,β-unsaturated/α-hetero) is 1. The average molecular weight is 178 g/mol. The number of fused-ring (bicyclic) bond motifs is 2. The lowest BCUT2D eigenvalue weighted by atomic mass is 9.70. The van der Waals surface area contributed by atoms with Crippen LogP contribution in [0.15, 0.2) is 11.6 Å². The van der Waals surface area contributed by atoms with Crippen LogP contribution >= 0.6 is 0 Å². The minimum Gasteiger partial charge on any atom is -0.294 e. The van der Waals surface area contributed by atoms with E-state index in [1.54, 1.807) is 0 Å². The van der Waals surface area contributed by atoms with Gasteiger partial charge in [0.1, 0.15) is 0 Å². The van der Waals surface area contributed by atoms with E-state index in [1.165, 1.54) is 6.42 Å². The van der Waals surface area contributed by atoms with Crippen molar-refractivity contribution in [3.05, 3.63) is 11.6 Å². The summed E-state index contributed by atoms with van der Waals surface area (Å²) >= 11 is 0. The number of carbonyl (C=O) groups is 1. The van der Waals surface area contributed by atoms with Crippen LogP contribution in [-0.4, -0.2) is 5.78 Å². The molecule has 2 fully saturated rings. The summed E-state index contributed by atoms with van der Waals surface area (Å²) in [5.74, 6) is 0.936. The van der Waals surface area contributed by atoms with E-state index in [0.717, 1.165) is 12.0 Å². The first kappa shape index (κ1) is 8.98. The lowest BCUT2D eigenvalue weighted by molar-refractivity contribution is -0.125. The molecule has 0 heterocycles. The molecule has 2 bridgehead atoms. The number of rotatable bonds is 0. The summed E-state index contributed by atoms with van der Waals surface area (Å²) in [6, 6.07) is 0. The van der Waals surface area contributed by atoms with Gasteiger partial charge in [-0.3, -0.25) is 4.79 Å². The van der Waals surface area contributed by atoms with E-state index in [9.17, 15) is 4.79 Å². The van der Waals surface area contributed by atoms with Gasteiger partial charge in [-0.15, -0.1) is 0 Å². The van der Waals surface area contributed by atoms with Crippen LogP contribution in [0.25, 0.3) is 0 Å². The van der Waals surface area contributed by atoms with Gasteiger partial charge in [0.05, 0.1) is 0 Å². The SMILES string of the molecule is C/C=C1\C(=O)[C@]2(C)CC[C@H]1C2(C)C. The fourth-order valence-corrected chi connectivity index (χ4v) is 3.26. The second kappa shape index (κ2) is 2.26. The van der Waals surface area contributed by atoms with Crippen molar-refractivity contribution in [3.63, 3.8) is 0 Å². The molecule has 1 heteroatoms. The van der Waals surface area contributed by atoms with Crippen LogP contribution in [0.3, 0.4) is 0 Å². The highest BCUT2D eigenvalue weighted by Crippen LogP contribution is 2.65. The molecule has 0 radical (unpaired) electrons. The number of allylic oxidation sites excluding steroid dienone is 2. The molecule has 0 aromatic carbocycles. The Hall–Kier alpha value is -0.590. The van der Waals surface area contributed by atoms with Gasteiger partial charge in [0, 0.05) is 5.41 Å². The summed E-state index contributed by atoms with van der Waals surface area (Å²) in [4.78, 5) is 12.1. The highest BCUT2D eigenvalue weighted by atomic mass is 16.1. The van der Waals surface area contributed by atoms with E-state index < -0.39 is 0 Å². The van der Waals surface area contributed by atoms with Gasteiger partial charge in [0.15, 0.2) is 5.78 Å². The van der Waals surface area contributed by atoms with Gasteiger partial charge >= 0.3 is 0 Å².